The predicted molar refractivity (Wildman–Crippen MR) is 70.7 cm³/mol. The van der Waals surface area contributed by atoms with Gasteiger partial charge in [0.05, 0.1) is 23.8 Å². The van der Waals surface area contributed by atoms with Crippen molar-refractivity contribution in [1.82, 2.24) is 4.98 Å². The summed E-state index contributed by atoms with van der Waals surface area (Å²) >= 11 is 0. The SMILES string of the molecule is CC1C(=O)N(C)c2cn[c]cc2N1C1CCCC1. The summed E-state index contributed by atoms with van der Waals surface area (Å²) in [6, 6.07) is 2.32. The molecule has 1 saturated carbocycles. The zero-order chi connectivity index (χ0) is 12.7. The Morgan fingerprint density at radius 3 is 2.78 bits per heavy atom. The van der Waals surface area contributed by atoms with E-state index in [4.69, 9.17) is 0 Å². The van der Waals surface area contributed by atoms with Crippen LogP contribution < -0.4 is 9.80 Å². The molecular formula is C14H18N3O. The topological polar surface area (TPSA) is 36.4 Å². The summed E-state index contributed by atoms with van der Waals surface area (Å²) in [5.74, 6) is 0.155. The Bertz CT molecular complexity index is 468. The number of hydrogen-bond acceptors (Lipinski definition) is 3. The lowest BCUT2D eigenvalue weighted by Gasteiger charge is -2.43. The Morgan fingerprint density at radius 1 is 1.33 bits per heavy atom. The van der Waals surface area contributed by atoms with Crippen LogP contribution in [0.4, 0.5) is 11.4 Å². The van der Waals surface area contributed by atoms with Gasteiger partial charge in [0, 0.05) is 13.1 Å². The number of likely N-dealkylation sites (N-methyl/N-ethyl adjacent to an activating group) is 1. The van der Waals surface area contributed by atoms with Crippen LogP contribution in [0.1, 0.15) is 32.6 Å². The molecule has 18 heavy (non-hydrogen) atoms. The smallest absolute Gasteiger partial charge is 0.249 e. The molecule has 95 valence electrons. The fraction of sp³-hybridized carbons (Fsp3) is 0.571. The van der Waals surface area contributed by atoms with Crippen LogP contribution in [0.15, 0.2) is 12.3 Å². The Labute approximate surface area is 108 Å². The molecule has 3 rings (SSSR count). The molecule has 0 aromatic carbocycles. The number of carbonyl (C=O) groups is 1. The van der Waals surface area contributed by atoms with E-state index >= 15 is 0 Å². The Morgan fingerprint density at radius 2 is 2.06 bits per heavy atom. The fourth-order valence-electron chi connectivity index (χ4n) is 3.22. The van der Waals surface area contributed by atoms with Gasteiger partial charge in [0.15, 0.2) is 0 Å². The first-order valence-corrected chi connectivity index (χ1v) is 6.62. The minimum Gasteiger partial charge on any atom is -0.355 e. The van der Waals surface area contributed by atoms with E-state index < -0.39 is 0 Å². The average Bonchev–Trinajstić information content (AvgIpc) is 2.90. The van der Waals surface area contributed by atoms with E-state index in [0.29, 0.717) is 6.04 Å². The summed E-state index contributed by atoms with van der Waals surface area (Å²) in [7, 11) is 1.82. The Kier molecular flexibility index (Phi) is 2.73. The van der Waals surface area contributed by atoms with Crippen molar-refractivity contribution in [3.63, 3.8) is 0 Å². The zero-order valence-corrected chi connectivity index (χ0v) is 10.9. The molecule has 0 spiro atoms. The van der Waals surface area contributed by atoms with E-state index in [1.807, 2.05) is 20.0 Å². The van der Waals surface area contributed by atoms with Crippen LogP contribution in [0, 0.1) is 6.20 Å². The van der Waals surface area contributed by atoms with Crippen molar-refractivity contribution in [3.8, 4) is 0 Å². The van der Waals surface area contributed by atoms with Gasteiger partial charge in [-0.3, -0.25) is 9.78 Å². The summed E-state index contributed by atoms with van der Waals surface area (Å²) in [5.41, 5.74) is 2.01. The monoisotopic (exact) mass is 244 g/mol. The van der Waals surface area contributed by atoms with Gasteiger partial charge in [-0.1, -0.05) is 12.8 Å². The molecule has 1 aromatic rings. The van der Waals surface area contributed by atoms with Crippen molar-refractivity contribution in [2.75, 3.05) is 16.8 Å². The van der Waals surface area contributed by atoms with Gasteiger partial charge in [-0.2, -0.15) is 0 Å². The molecule has 4 heteroatoms. The van der Waals surface area contributed by atoms with Gasteiger partial charge in [-0.15, -0.1) is 0 Å². The molecule has 4 nitrogen and oxygen atoms in total. The number of amides is 1. The van der Waals surface area contributed by atoms with Gasteiger partial charge < -0.3 is 9.80 Å². The number of rotatable bonds is 1. The van der Waals surface area contributed by atoms with Crippen LogP contribution >= 0.6 is 0 Å². The fourth-order valence-corrected chi connectivity index (χ4v) is 3.22. The highest BCUT2D eigenvalue weighted by Crippen LogP contribution is 2.39. The van der Waals surface area contributed by atoms with E-state index in [9.17, 15) is 4.79 Å². The summed E-state index contributed by atoms with van der Waals surface area (Å²) in [4.78, 5) is 20.3. The molecule has 2 aliphatic rings. The molecule has 1 aliphatic carbocycles. The minimum atomic E-state index is -0.0820. The van der Waals surface area contributed by atoms with Crippen LogP contribution in [0.2, 0.25) is 0 Å². The summed E-state index contributed by atoms with van der Waals surface area (Å²) in [6.45, 7) is 2.00. The lowest BCUT2D eigenvalue weighted by molar-refractivity contribution is -0.119. The van der Waals surface area contributed by atoms with Gasteiger partial charge in [0.2, 0.25) is 5.91 Å². The molecule has 1 radical (unpaired) electrons. The molecule has 0 saturated heterocycles. The van der Waals surface area contributed by atoms with Crippen LogP contribution in [-0.2, 0) is 4.79 Å². The maximum Gasteiger partial charge on any atom is 0.249 e. The highest BCUT2D eigenvalue weighted by molar-refractivity contribution is 6.04. The lowest BCUT2D eigenvalue weighted by atomic mass is 10.0. The number of carbonyl (C=O) groups excluding carboxylic acids is 1. The van der Waals surface area contributed by atoms with E-state index in [0.717, 1.165) is 11.4 Å². The number of nitrogens with zero attached hydrogens (tertiary/aromatic N) is 3. The lowest BCUT2D eigenvalue weighted by Crippen LogP contribution is -2.54. The molecule has 0 N–H and O–H groups in total. The van der Waals surface area contributed by atoms with E-state index in [-0.39, 0.29) is 11.9 Å². The molecule has 1 amide bonds. The predicted octanol–water partition coefficient (Wildman–Crippen LogP) is 2.00. The average molecular weight is 244 g/mol. The van der Waals surface area contributed by atoms with Crippen molar-refractivity contribution in [3.05, 3.63) is 18.5 Å². The molecule has 1 aromatic heterocycles. The van der Waals surface area contributed by atoms with Crippen molar-refractivity contribution >= 4 is 17.3 Å². The second kappa shape index (κ2) is 4.26. The maximum absolute atomic E-state index is 12.3. The highest BCUT2D eigenvalue weighted by atomic mass is 16.2. The molecule has 1 aliphatic heterocycles. The van der Waals surface area contributed by atoms with E-state index in [1.165, 1.54) is 25.7 Å². The van der Waals surface area contributed by atoms with Crippen LogP contribution in [0.25, 0.3) is 0 Å². The third-order valence-corrected chi connectivity index (χ3v) is 4.19. The first-order valence-electron chi connectivity index (χ1n) is 6.62. The minimum absolute atomic E-state index is 0.0820. The molecular weight excluding hydrogens is 226 g/mol. The summed E-state index contributed by atoms with van der Waals surface area (Å²) in [6.07, 6.45) is 9.54. The van der Waals surface area contributed by atoms with Gasteiger partial charge in [-0.25, -0.2) is 0 Å². The zero-order valence-electron chi connectivity index (χ0n) is 10.9. The molecule has 1 unspecified atom stereocenters. The van der Waals surface area contributed by atoms with Gasteiger partial charge >= 0.3 is 0 Å². The highest BCUT2D eigenvalue weighted by Gasteiger charge is 2.38. The standard InChI is InChI=1S/C14H18N3O/c1-10-14(18)16(2)13-9-15-8-7-12(13)17(10)11-5-3-4-6-11/h7,9-11H,3-6H2,1-2H3. The van der Waals surface area contributed by atoms with Crippen molar-refractivity contribution < 1.29 is 4.79 Å². The van der Waals surface area contributed by atoms with E-state index in [2.05, 4.69) is 16.1 Å². The van der Waals surface area contributed by atoms with Gasteiger partial charge in [0.1, 0.15) is 6.04 Å². The van der Waals surface area contributed by atoms with E-state index in [1.54, 1.807) is 11.1 Å². The van der Waals surface area contributed by atoms with Gasteiger partial charge in [-0.05, 0) is 25.8 Å². The summed E-state index contributed by atoms with van der Waals surface area (Å²) in [5, 5.41) is 0. The first-order chi connectivity index (χ1) is 8.70. The number of fused-ring (bicyclic) bond motifs is 1. The normalized spacial score (nSPS) is 24.6. The third kappa shape index (κ3) is 1.59. The Balaban J connectivity index is 2.06. The number of anilines is 2. The largest absolute Gasteiger partial charge is 0.355 e. The van der Waals surface area contributed by atoms with Crippen LogP contribution in [0.5, 0.6) is 0 Å². The van der Waals surface area contributed by atoms with Crippen LogP contribution in [0.3, 0.4) is 0 Å². The number of aromatic nitrogens is 1. The van der Waals surface area contributed by atoms with Crippen molar-refractivity contribution in [2.45, 2.75) is 44.7 Å². The molecule has 2 heterocycles. The number of pyridine rings is 1. The summed E-state index contributed by atoms with van der Waals surface area (Å²) < 4.78 is 0. The van der Waals surface area contributed by atoms with Crippen molar-refractivity contribution in [1.29, 1.82) is 0 Å². The first kappa shape index (κ1) is 11.5. The molecule has 0 bridgehead atoms. The second-order valence-electron chi connectivity index (χ2n) is 5.22. The molecule has 1 fully saturated rings. The van der Waals surface area contributed by atoms with Crippen molar-refractivity contribution in [2.24, 2.45) is 0 Å². The molecule has 1 atom stereocenters. The quantitative estimate of drug-likeness (QED) is 0.758. The van der Waals surface area contributed by atoms with Crippen LogP contribution in [-0.4, -0.2) is 30.0 Å². The Hall–Kier alpha value is -1.58. The third-order valence-electron chi connectivity index (χ3n) is 4.19. The maximum atomic E-state index is 12.3. The number of hydrogen-bond donors (Lipinski definition) is 0. The van der Waals surface area contributed by atoms with Gasteiger partial charge in [0.25, 0.3) is 0 Å². The second-order valence-corrected chi connectivity index (χ2v) is 5.22.